The topological polar surface area (TPSA) is 203 Å². The van der Waals surface area contributed by atoms with E-state index < -0.39 is 34.6 Å². The molecule has 4 saturated heterocycles. The van der Waals surface area contributed by atoms with Crippen molar-refractivity contribution >= 4 is 57.8 Å². The zero-order valence-electron chi connectivity index (χ0n) is 20.0. The van der Waals surface area contributed by atoms with Crippen molar-refractivity contribution in [3.63, 3.8) is 0 Å². The van der Waals surface area contributed by atoms with Crippen LogP contribution in [0.1, 0.15) is 25.1 Å². The van der Waals surface area contributed by atoms with Crippen LogP contribution in [0.25, 0.3) is 0 Å². The van der Waals surface area contributed by atoms with E-state index in [0.29, 0.717) is 41.6 Å². The number of carboxylic acids is 1. The molecule has 6 N–H and O–H groups in total. The number of nitrogens with two attached hydrogens (primary N) is 2. The lowest BCUT2D eigenvalue weighted by molar-refractivity contribution is -0.940. The molecule has 0 spiro atoms. The van der Waals surface area contributed by atoms with Gasteiger partial charge in [-0.3, -0.25) is 19.3 Å². The number of fused-ring (bicyclic) bond motifs is 4. The van der Waals surface area contributed by atoms with Crippen LogP contribution < -0.4 is 16.8 Å². The van der Waals surface area contributed by atoms with Crippen LogP contribution in [0.5, 0.6) is 0 Å². The second-order valence-electron chi connectivity index (χ2n) is 9.76. The molecule has 5 aliphatic rings. The van der Waals surface area contributed by atoms with E-state index in [0.717, 1.165) is 31.2 Å². The van der Waals surface area contributed by atoms with E-state index in [4.69, 9.17) is 16.3 Å². The highest BCUT2D eigenvalue weighted by molar-refractivity contribution is 8.00. The van der Waals surface area contributed by atoms with Crippen molar-refractivity contribution in [3.8, 4) is 0 Å². The van der Waals surface area contributed by atoms with Crippen LogP contribution in [0.3, 0.4) is 0 Å². The standard InChI is InChI=1S/C21H26N8O6S2/c1-35-26-11(14-25-20(23)37-27-14)15(30)24-12-16(31)28-13(18(32)33)10(9-36-17(12)28)8-29-5-2-21(3-6-29,4-7-29)19(22)34/h12,17H,2-9H2,1H3,(H5-,22,23,24,25,27,30,32,33,34)/p+1/t12-,17+,21?,29?/m1/s1. The van der Waals surface area contributed by atoms with Crippen LogP contribution in [0, 0.1) is 5.41 Å². The summed E-state index contributed by atoms with van der Waals surface area (Å²) in [6.07, 6.45) is 2.07. The highest BCUT2D eigenvalue weighted by atomic mass is 32.2. The van der Waals surface area contributed by atoms with E-state index in [9.17, 15) is 24.3 Å². The Hall–Kier alpha value is -3.24. The van der Waals surface area contributed by atoms with Gasteiger partial charge in [0.2, 0.25) is 17.4 Å². The molecule has 1 aromatic heterocycles. The molecule has 198 valence electrons. The Morgan fingerprint density at radius 3 is 2.51 bits per heavy atom. The summed E-state index contributed by atoms with van der Waals surface area (Å²) in [7, 11) is 1.26. The number of rotatable bonds is 8. The van der Waals surface area contributed by atoms with Crippen molar-refractivity contribution in [2.24, 2.45) is 16.3 Å². The van der Waals surface area contributed by atoms with E-state index >= 15 is 0 Å². The molecule has 0 unspecified atom stereocenters. The van der Waals surface area contributed by atoms with E-state index in [1.807, 2.05) is 0 Å². The first kappa shape index (κ1) is 25.4. The number of hydrogen-bond acceptors (Lipinski definition) is 11. The molecule has 2 atom stereocenters. The van der Waals surface area contributed by atoms with E-state index in [2.05, 4.69) is 19.8 Å². The lowest BCUT2D eigenvalue weighted by atomic mass is 9.70. The highest BCUT2D eigenvalue weighted by Gasteiger charge is 2.57. The minimum atomic E-state index is -1.18. The van der Waals surface area contributed by atoms with Gasteiger partial charge in [0.1, 0.15) is 30.8 Å². The summed E-state index contributed by atoms with van der Waals surface area (Å²) >= 11 is 2.28. The third-order valence-corrected chi connectivity index (χ3v) is 9.71. The number of aliphatic carboxylic acids is 1. The summed E-state index contributed by atoms with van der Waals surface area (Å²) in [5.74, 6) is -2.31. The number of amides is 3. The van der Waals surface area contributed by atoms with Crippen molar-refractivity contribution in [2.45, 2.75) is 30.7 Å². The van der Waals surface area contributed by atoms with Crippen molar-refractivity contribution in [1.29, 1.82) is 0 Å². The SMILES string of the molecule is CON=C(C(=O)N[C@@H]1C(=O)N2C(C(=O)O)=C(C[N+]34CCC(C(N)=O)(CC3)CC4)CS[C@@H]12)c1nsc(N)n1. The minimum Gasteiger partial charge on any atom is -0.477 e. The quantitative estimate of drug-likeness (QED) is 0.130. The molecule has 0 aromatic carbocycles. The molecule has 14 nitrogen and oxygen atoms in total. The number of oxime groups is 1. The molecule has 3 amide bonds. The maximum Gasteiger partial charge on any atom is 0.352 e. The monoisotopic (exact) mass is 551 g/mol. The van der Waals surface area contributed by atoms with Crippen LogP contribution >= 0.6 is 23.3 Å². The molecule has 0 aliphatic carbocycles. The Balaban J connectivity index is 1.32. The van der Waals surface area contributed by atoms with Gasteiger partial charge < -0.3 is 31.2 Å². The minimum absolute atomic E-state index is 0.0243. The molecule has 6 heterocycles. The summed E-state index contributed by atoms with van der Waals surface area (Å²) in [4.78, 5) is 60.2. The van der Waals surface area contributed by atoms with E-state index in [-0.39, 0.29) is 28.3 Å². The van der Waals surface area contributed by atoms with Gasteiger partial charge in [-0.2, -0.15) is 9.36 Å². The number of thioether (sulfide) groups is 1. The molecule has 4 fully saturated rings. The lowest BCUT2D eigenvalue weighted by Gasteiger charge is -2.55. The number of nitrogen functional groups attached to an aromatic ring is 1. The van der Waals surface area contributed by atoms with Crippen LogP contribution in [0.15, 0.2) is 16.4 Å². The molecular weight excluding hydrogens is 524 g/mol. The van der Waals surface area contributed by atoms with Crippen LogP contribution in [-0.4, -0.2) is 104 Å². The van der Waals surface area contributed by atoms with Gasteiger partial charge in [-0.15, -0.1) is 11.8 Å². The third kappa shape index (κ3) is 4.21. The molecular formula is C21H27N8O6S2+. The first-order valence-corrected chi connectivity index (χ1v) is 13.5. The maximum absolute atomic E-state index is 13.1. The van der Waals surface area contributed by atoms with Gasteiger partial charge in [-0.05, 0) is 0 Å². The molecule has 5 aliphatic heterocycles. The van der Waals surface area contributed by atoms with Gasteiger partial charge >= 0.3 is 5.97 Å². The number of anilines is 1. The fraction of sp³-hybridized carbons (Fsp3) is 0.571. The first-order valence-electron chi connectivity index (χ1n) is 11.7. The molecule has 2 bridgehead atoms. The second kappa shape index (κ2) is 9.25. The number of β-lactam (4-membered cyclic amide) rings is 1. The van der Waals surface area contributed by atoms with Gasteiger partial charge in [0, 0.05) is 42.1 Å². The zero-order chi connectivity index (χ0) is 26.5. The summed E-state index contributed by atoms with van der Waals surface area (Å²) < 4.78 is 4.65. The van der Waals surface area contributed by atoms with Gasteiger partial charge in [0.15, 0.2) is 5.13 Å². The fourth-order valence-corrected chi connectivity index (χ4v) is 7.47. The normalized spacial score (nSPS) is 31.0. The second-order valence-corrected chi connectivity index (χ2v) is 11.7. The van der Waals surface area contributed by atoms with E-state index in [1.54, 1.807) is 0 Å². The molecule has 0 radical (unpaired) electrons. The molecule has 6 rings (SSSR count). The molecule has 16 heteroatoms. The van der Waals surface area contributed by atoms with E-state index in [1.165, 1.54) is 23.8 Å². The van der Waals surface area contributed by atoms with Gasteiger partial charge in [0.05, 0.1) is 25.0 Å². The summed E-state index contributed by atoms with van der Waals surface area (Å²) in [6.45, 7) is 2.74. The number of nitrogens with one attached hydrogen (secondary N) is 1. The number of hydrogen-bond donors (Lipinski definition) is 4. The Bertz CT molecular complexity index is 1220. The van der Waals surface area contributed by atoms with Crippen molar-refractivity contribution < 1.29 is 33.6 Å². The summed E-state index contributed by atoms with van der Waals surface area (Å²) in [6, 6.07) is -0.945. The molecule has 1 aromatic rings. The number of carbonyl (C=O) groups is 4. The molecule has 37 heavy (non-hydrogen) atoms. The number of carbonyl (C=O) groups excluding carboxylic acids is 3. The number of carboxylic acid groups (broad SMARTS) is 1. The van der Waals surface area contributed by atoms with Gasteiger partial charge in [0.25, 0.3) is 11.8 Å². The van der Waals surface area contributed by atoms with Crippen LogP contribution in [-0.2, 0) is 24.0 Å². The van der Waals surface area contributed by atoms with Crippen molar-refractivity contribution in [2.75, 3.05) is 44.8 Å². The number of quaternary nitrogens is 1. The highest BCUT2D eigenvalue weighted by Crippen LogP contribution is 2.46. The average Bonchev–Trinajstić information content (AvgIpc) is 3.31. The van der Waals surface area contributed by atoms with Crippen molar-refractivity contribution in [1.82, 2.24) is 19.6 Å². The Kier molecular flexibility index (Phi) is 6.35. The Morgan fingerprint density at radius 2 is 1.97 bits per heavy atom. The largest absolute Gasteiger partial charge is 0.477 e. The Morgan fingerprint density at radius 1 is 1.30 bits per heavy atom. The number of primary amides is 1. The zero-order valence-corrected chi connectivity index (χ0v) is 21.6. The predicted molar refractivity (Wildman–Crippen MR) is 133 cm³/mol. The number of nitrogens with zero attached hydrogens (tertiary/aromatic N) is 5. The summed E-state index contributed by atoms with van der Waals surface area (Å²) in [5.41, 5.74) is 11.2. The lowest BCUT2D eigenvalue weighted by Crippen LogP contribution is -2.71. The fourth-order valence-electron chi connectivity index (χ4n) is 5.70. The van der Waals surface area contributed by atoms with Gasteiger partial charge in [-0.1, -0.05) is 5.16 Å². The number of piperidine rings is 3. The molecule has 0 saturated carbocycles. The van der Waals surface area contributed by atoms with Gasteiger partial charge in [-0.25, -0.2) is 4.79 Å². The van der Waals surface area contributed by atoms with Crippen LogP contribution in [0.4, 0.5) is 5.13 Å². The number of aromatic nitrogens is 2. The summed E-state index contributed by atoms with van der Waals surface area (Å²) in [5, 5.41) is 15.9. The predicted octanol–water partition coefficient (Wildman–Crippen LogP) is -1.30. The Labute approximate surface area is 219 Å². The third-order valence-electron chi connectivity index (χ3n) is 7.83. The first-order chi connectivity index (χ1) is 17.6. The smallest absolute Gasteiger partial charge is 0.352 e. The van der Waals surface area contributed by atoms with Crippen molar-refractivity contribution in [3.05, 3.63) is 17.1 Å². The van der Waals surface area contributed by atoms with Crippen LogP contribution in [0.2, 0.25) is 0 Å². The maximum atomic E-state index is 13.1. The average molecular weight is 552 g/mol.